The van der Waals surface area contributed by atoms with E-state index >= 15 is 0 Å². The fourth-order valence-electron chi connectivity index (χ4n) is 4.43. The van der Waals surface area contributed by atoms with Gasteiger partial charge in [0.05, 0.1) is 23.8 Å². The first-order valence-electron chi connectivity index (χ1n) is 10.9. The summed E-state index contributed by atoms with van der Waals surface area (Å²) in [6, 6.07) is 9.53. The molecule has 0 bridgehead atoms. The van der Waals surface area contributed by atoms with E-state index in [2.05, 4.69) is 20.4 Å². The summed E-state index contributed by atoms with van der Waals surface area (Å²) in [5.74, 6) is 0.495. The Morgan fingerprint density at radius 2 is 1.97 bits per heavy atom. The molecule has 1 aromatic heterocycles. The summed E-state index contributed by atoms with van der Waals surface area (Å²) in [7, 11) is 1.93. The first-order valence-corrected chi connectivity index (χ1v) is 10.9. The van der Waals surface area contributed by atoms with Gasteiger partial charge in [-0.15, -0.1) is 5.10 Å². The Kier molecular flexibility index (Phi) is 6.43. The van der Waals surface area contributed by atoms with Gasteiger partial charge >= 0.3 is 6.18 Å². The Labute approximate surface area is 190 Å². The van der Waals surface area contributed by atoms with Crippen LogP contribution in [0, 0.1) is 6.92 Å². The van der Waals surface area contributed by atoms with Crippen molar-refractivity contribution in [1.29, 1.82) is 0 Å². The summed E-state index contributed by atoms with van der Waals surface area (Å²) >= 11 is 0. The molecule has 3 aromatic rings. The Bertz CT molecular complexity index is 1130. The van der Waals surface area contributed by atoms with Gasteiger partial charge in [-0.3, -0.25) is 4.90 Å². The highest BCUT2D eigenvalue weighted by Gasteiger charge is 2.33. The second-order valence-corrected chi connectivity index (χ2v) is 8.58. The van der Waals surface area contributed by atoms with Crippen LogP contribution in [0.2, 0.25) is 0 Å². The Morgan fingerprint density at radius 3 is 2.70 bits per heavy atom. The van der Waals surface area contributed by atoms with Crippen LogP contribution in [0.3, 0.4) is 0 Å². The number of piperazine rings is 1. The van der Waals surface area contributed by atoms with E-state index in [9.17, 15) is 17.6 Å². The fraction of sp³-hybridized carbons (Fsp3) is 0.417. The predicted molar refractivity (Wildman–Crippen MR) is 122 cm³/mol. The van der Waals surface area contributed by atoms with Gasteiger partial charge in [0.1, 0.15) is 6.67 Å². The smallest absolute Gasteiger partial charge is 0.369 e. The first kappa shape index (κ1) is 23.2. The number of hydrogen-bond donors (Lipinski definition) is 1. The van der Waals surface area contributed by atoms with E-state index in [0.29, 0.717) is 17.9 Å². The number of rotatable bonds is 5. The summed E-state index contributed by atoms with van der Waals surface area (Å²) in [6.45, 7) is 5.00. The molecule has 1 aliphatic rings. The maximum Gasteiger partial charge on any atom is 0.416 e. The largest absolute Gasteiger partial charge is 0.416 e. The van der Waals surface area contributed by atoms with Crippen molar-refractivity contribution in [3.63, 3.8) is 0 Å². The lowest BCUT2D eigenvalue weighted by atomic mass is 9.97. The van der Waals surface area contributed by atoms with Crippen LogP contribution in [0.4, 0.5) is 29.1 Å². The number of likely N-dealkylation sites (N-methyl/N-ethyl adjacent to an activating group) is 1. The molecule has 5 nitrogen and oxygen atoms in total. The zero-order valence-electron chi connectivity index (χ0n) is 18.8. The minimum atomic E-state index is -4.41. The van der Waals surface area contributed by atoms with E-state index in [0.717, 1.165) is 35.6 Å². The number of nitrogens with zero attached hydrogens (tertiary/aromatic N) is 4. The van der Waals surface area contributed by atoms with E-state index in [1.807, 2.05) is 30.1 Å². The number of aromatic nitrogens is 2. The van der Waals surface area contributed by atoms with Crippen LogP contribution in [0.1, 0.15) is 29.7 Å². The lowest BCUT2D eigenvalue weighted by molar-refractivity contribution is -0.138. The van der Waals surface area contributed by atoms with Crippen LogP contribution in [-0.2, 0) is 6.18 Å². The second-order valence-electron chi connectivity index (χ2n) is 8.58. The van der Waals surface area contributed by atoms with Gasteiger partial charge in [-0.05, 0) is 50.2 Å². The molecule has 33 heavy (non-hydrogen) atoms. The van der Waals surface area contributed by atoms with Gasteiger partial charge in [-0.25, -0.2) is 4.39 Å². The van der Waals surface area contributed by atoms with E-state index in [4.69, 9.17) is 0 Å². The third-order valence-corrected chi connectivity index (χ3v) is 6.47. The minimum Gasteiger partial charge on any atom is -0.369 e. The zero-order chi connectivity index (χ0) is 23.8. The SMILES string of the molecule is Cc1c(C(C)Nc2nncc3ccc(N4CCN(C)C(CF)C4)cc23)cccc1C(F)(F)F. The number of nitrogens with one attached hydrogen (secondary N) is 1. The number of anilines is 2. The summed E-state index contributed by atoms with van der Waals surface area (Å²) in [4.78, 5) is 4.17. The van der Waals surface area contributed by atoms with Crippen LogP contribution < -0.4 is 10.2 Å². The number of benzene rings is 2. The maximum atomic E-state index is 13.4. The molecule has 176 valence electrons. The van der Waals surface area contributed by atoms with Crippen molar-refractivity contribution in [2.75, 3.05) is 43.6 Å². The molecular weight excluding hydrogens is 434 g/mol. The molecule has 0 radical (unpaired) electrons. The first-order chi connectivity index (χ1) is 15.7. The molecule has 1 fully saturated rings. The van der Waals surface area contributed by atoms with Crippen molar-refractivity contribution in [1.82, 2.24) is 15.1 Å². The fourth-order valence-corrected chi connectivity index (χ4v) is 4.43. The van der Waals surface area contributed by atoms with Crippen molar-refractivity contribution >= 4 is 22.3 Å². The molecule has 0 saturated carbocycles. The molecule has 2 atom stereocenters. The van der Waals surface area contributed by atoms with Gasteiger partial charge in [-0.1, -0.05) is 18.2 Å². The van der Waals surface area contributed by atoms with Crippen LogP contribution in [0.15, 0.2) is 42.6 Å². The lowest BCUT2D eigenvalue weighted by Crippen LogP contribution is -2.52. The van der Waals surface area contributed by atoms with Crippen LogP contribution in [-0.4, -0.2) is 54.5 Å². The average molecular weight is 462 g/mol. The summed E-state index contributed by atoms with van der Waals surface area (Å²) in [5.41, 5.74) is 1.05. The van der Waals surface area contributed by atoms with Gasteiger partial charge in [-0.2, -0.15) is 18.3 Å². The van der Waals surface area contributed by atoms with E-state index in [1.54, 1.807) is 19.2 Å². The zero-order valence-corrected chi connectivity index (χ0v) is 18.8. The monoisotopic (exact) mass is 461 g/mol. The predicted octanol–water partition coefficient (Wildman–Crippen LogP) is 5.22. The second kappa shape index (κ2) is 9.13. The Hall–Kier alpha value is -2.94. The molecule has 9 heteroatoms. The normalized spacial score (nSPS) is 18.5. The Morgan fingerprint density at radius 1 is 1.18 bits per heavy atom. The van der Waals surface area contributed by atoms with Crippen molar-refractivity contribution in [3.05, 3.63) is 59.3 Å². The van der Waals surface area contributed by atoms with Crippen LogP contribution >= 0.6 is 0 Å². The molecule has 0 aliphatic carbocycles. The molecule has 1 saturated heterocycles. The third kappa shape index (κ3) is 4.73. The van der Waals surface area contributed by atoms with E-state index in [-0.39, 0.29) is 11.6 Å². The molecular formula is C24H27F4N5. The summed E-state index contributed by atoms with van der Waals surface area (Å²) in [5, 5.41) is 13.2. The number of hydrogen-bond acceptors (Lipinski definition) is 5. The van der Waals surface area contributed by atoms with Crippen molar-refractivity contribution in [2.24, 2.45) is 0 Å². The standard InChI is InChI=1S/C24H27F4N5/c1-15-20(5-4-6-22(15)24(26,27)28)16(2)30-23-21-11-18(8-7-17(21)13-29-31-23)33-10-9-32(3)19(12-25)14-33/h4-8,11,13,16,19H,9-10,12,14H2,1-3H3,(H,30,31). The van der Waals surface area contributed by atoms with Gasteiger partial charge in [0, 0.05) is 36.1 Å². The Balaban J connectivity index is 1.64. The number of halogens is 4. The van der Waals surface area contributed by atoms with Crippen LogP contribution in [0.25, 0.3) is 10.8 Å². The number of fused-ring (bicyclic) bond motifs is 1. The summed E-state index contributed by atoms with van der Waals surface area (Å²) in [6.07, 6.45) is -2.76. The van der Waals surface area contributed by atoms with Crippen LogP contribution in [0.5, 0.6) is 0 Å². The highest BCUT2D eigenvalue weighted by Crippen LogP contribution is 2.36. The van der Waals surface area contributed by atoms with Crippen molar-refractivity contribution in [2.45, 2.75) is 32.1 Å². The molecule has 2 aromatic carbocycles. The number of alkyl halides is 4. The van der Waals surface area contributed by atoms with Crippen molar-refractivity contribution < 1.29 is 17.6 Å². The molecule has 2 unspecified atom stereocenters. The van der Waals surface area contributed by atoms with Gasteiger partial charge in [0.15, 0.2) is 5.82 Å². The molecule has 0 spiro atoms. The maximum absolute atomic E-state index is 13.4. The average Bonchev–Trinajstić information content (AvgIpc) is 2.78. The van der Waals surface area contributed by atoms with E-state index < -0.39 is 24.5 Å². The molecule has 4 rings (SSSR count). The topological polar surface area (TPSA) is 44.3 Å². The molecule has 0 amide bonds. The summed E-state index contributed by atoms with van der Waals surface area (Å²) < 4.78 is 53.5. The van der Waals surface area contributed by atoms with Gasteiger partial charge in [0.2, 0.25) is 0 Å². The van der Waals surface area contributed by atoms with Gasteiger partial charge in [0.25, 0.3) is 0 Å². The van der Waals surface area contributed by atoms with Gasteiger partial charge < -0.3 is 10.2 Å². The highest BCUT2D eigenvalue weighted by molar-refractivity contribution is 5.93. The molecule has 1 aliphatic heterocycles. The van der Waals surface area contributed by atoms with Crippen molar-refractivity contribution in [3.8, 4) is 0 Å². The van der Waals surface area contributed by atoms with E-state index in [1.165, 1.54) is 13.0 Å². The molecule has 1 N–H and O–H groups in total. The third-order valence-electron chi connectivity index (χ3n) is 6.47. The highest BCUT2D eigenvalue weighted by atomic mass is 19.4. The quantitative estimate of drug-likeness (QED) is 0.528. The molecule has 2 heterocycles. The lowest BCUT2D eigenvalue weighted by Gasteiger charge is -2.39. The minimum absolute atomic E-state index is 0.161.